The zero-order valence-electron chi connectivity index (χ0n) is 18.5. The van der Waals surface area contributed by atoms with E-state index >= 15 is 0 Å². The molecule has 3 rings (SSSR count). The SMILES string of the molecule is CNC(=O)Nc1ccc(-c2ccc(CN3CCNC(C)(C)C3)nn2)cc1.O=C(O)C(F)(F)F. The van der Waals surface area contributed by atoms with Crippen LogP contribution in [0.3, 0.4) is 0 Å². The molecule has 0 aliphatic carbocycles. The number of nitrogens with one attached hydrogen (secondary N) is 3. The minimum Gasteiger partial charge on any atom is -0.475 e. The number of alkyl halides is 3. The van der Waals surface area contributed by atoms with Gasteiger partial charge in [0, 0.05) is 50.0 Å². The van der Waals surface area contributed by atoms with Gasteiger partial charge in [0.25, 0.3) is 0 Å². The van der Waals surface area contributed by atoms with E-state index in [2.05, 4.69) is 44.9 Å². The van der Waals surface area contributed by atoms with E-state index < -0.39 is 12.1 Å². The van der Waals surface area contributed by atoms with Crippen molar-refractivity contribution < 1.29 is 27.9 Å². The van der Waals surface area contributed by atoms with Crippen molar-refractivity contribution in [3.8, 4) is 11.3 Å². The molecule has 9 nitrogen and oxygen atoms in total. The molecule has 2 heterocycles. The molecular formula is C21H27F3N6O3. The number of carbonyl (C=O) groups excluding carboxylic acids is 1. The highest BCUT2D eigenvalue weighted by Gasteiger charge is 2.38. The molecule has 0 bridgehead atoms. The fourth-order valence-corrected chi connectivity index (χ4v) is 3.13. The number of aliphatic carboxylic acids is 1. The monoisotopic (exact) mass is 468 g/mol. The van der Waals surface area contributed by atoms with Crippen LogP contribution < -0.4 is 16.0 Å². The molecule has 1 aliphatic rings. The van der Waals surface area contributed by atoms with Gasteiger partial charge in [0.1, 0.15) is 0 Å². The lowest BCUT2D eigenvalue weighted by molar-refractivity contribution is -0.192. The Bertz CT molecular complexity index is 934. The van der Waals surface area contributed by atoms with Crippen LogP contribution in [0.25, 0.3) is 11.3 Å². The van der Waals surface area contributed by atoms with Crippen molar-refractivity contribution in [2.45, 2.75) is 32.1 Å². The molecule has 1 fully saturated rings. The van der Waals surface area contributed by atoms with Gasteiger partial charge in [-0.25, -0.2) is 9.59 Å². The number of carboxylic acids is 1. The summed E-state index contributed by atoms with van der Waals surface area (Å²) in [6.07, 6.45) is -5.08. The van der Waals surface area contributed by atoms with Crippen molar-refractivity contribution in [2.24, 2.45) is 0 Å². The Morgan fingerprint density at radius 3 is 2.27 bits per heavy atom. The fourth-order valence-electron chi connectivity index (χ4n) is 3.13. The first kappa shape index (κ1) is 26.0. The molecule has 33 heavy (non-hydrogen) atoms. The summed E-state index contributed by atoms with van der Waals surface area (Å²) in [6, 6.07) is 11.3. The van der Waals surface area contributed by atoms with E-state index in [4.69, 9.17) is 9.90 Å². The molecule has 0 spiro atoms. The van der Waals surface area contributed by atoms with Crippen molar-refractivity contribution in [2.75, 3.05) is 32.0 Å². The van der Waals surface area contributed by atoms with E-state index in [1.807, 2.05) is 36.4 Å². The predicted octanol–water partition coefficient (Wildman–Crippen LogP) is 2.71. The number of benzene rings is 1. The van der Waals surface area contributed by atoms with Crippen molar-refractivity contribution in [3.63, 3.8) is 0 Å². The summed E-state index contributed by atoms with van der Waals surface area (Å²) in [6.45, 7) is 8.26. The highest BCUT2D eigenvalue weighted by Crippen LogP contribution is 2.20. The minimum atomic E-state index is -5.08. The first-order valence-corrected chi connectivity index (χ1v) is 10.1. The Morgan fingerprint density at radius 2 is 1.79 bits per heavy atom. The molecule has 1 aromatic carbocycles. The molecule has 180 valence electrons. The van der Waals surface area contributed by atoms with E-state index in [-0.39, 0.29) is 11.6 Å². The number of aromatic nitrogens is 2. The zero-order valence-corrected chi connectivity index (χ0v) is 18.5. The maximum absolute atomic E-state index is 11.3. The van der Waals surface area contributed by atoms with Crippen molar-refractivity contribution >= 4 is 17.7 Å². The smallest absolute Gasteiger partial charge is 0.475 e. The molecule has 4 N–H and O–H groups in total. The zero-order chi connectivity index (χ0) is 24.6. The second kappa shape index (κ2) is 11.1. The number of rotatable bonds is 4. The average molecular weight is 468 g/mol. The normalized spacial score (nSPS) is 15.7. The lowest BCUT2D eigenvalue weighted by Gasteiger charge is -2.38. The Balaban J connectivity index is 0.000000479. The molecule has 0 unspecified atom stereocenters. The summed E-state index contributed by atoms with van der Waals surface area (Å²) in [5.74, 6) is -2.76. The largest absolute Gasteiger partial charge is 0.490 e. The third-order valence-corrected chi connectivity index (χ3v) is 4.66. The Kier molecular flexibility index (Phi) is 8.71. The summed E-state index contributed by atoms with van der Waals surface area (Å²) < 4.78 is 31.7. The molecule has 1 saturated heterocycles. The topological polar surface area (TPSA) is 119 Å². The van der Waals surface area contributed by atoms with Crippen LogP contribution >= 0.6 is 0 Å². The standard InChI is InChI=1S/C19H26N6O.C2HF3O2/c1-19(2)13-25(11-10-21-19)12-16-8-9-17(24-23-16)14-4-6-15(7-5-14)22-18(26)20-3;3-2(4,5)1(6)7/h4-9,21H,10-13H2,1-3H3,(H2,20,22,26);(H,6,7). The van der Waals surface area contributed by atoms with Gasteiger partial charge in [-0.2, -0.15) is 23.4 Å². The Morgan fingerprint density at radius 1 is 1.15 bits per heavy atom. The van der Waals surface area contributed by atoms with Gasteiger partial charge in [-0.1, -0.05) is 12.1 Å². The summed E-state index contributed by atoms with van der Waals surface area (Å²) in [5.41, 5.74) is 3.63. The Hall–Kier alpha value is -3.25. The van der Waals surface area contributed by atoms with E-state index in [0.717, 1.165) is 48.8 Å². The second-order valence-electron chi connectivity index (χ2n) is 8.02. The molecule has 2 amide bonds. The molecule has 0 atom stereocenters. The van der Waals surface area contributed by atoms with Crippen LogP contribution in [0.5, 0.6) is 0 Å². The molecule has 2 aromatic rings. The van der Waals surface area contributed by atoms with Gasteiger partial charge in [-0.05, 0) is 38.1 Å². The highest BCUT2D eigenvalue weighted by molar-refractivity contribution is 5.89. The maximum Gasteiger partial charge on any atom is 0.490 e. The summed E-state index contributed by atoms with van der Waals surface area (Å²) in [5, 5.41) is 24.7. The number of amides is 2. The lowest BCUT2D eigenvalue weighted by Crippen LogP contribution is -2.56. The van der Waals surface area contributed by atoms with Crippen LogP contribution in [0.15, 0.2) is 36.4 Å². The van der Waals surface area contributed by atoms with Gasteiger partial charge >= 0.3 is 18.2 Å². The molecule has 0 saturated carbocycles. The molecule has 12 heteroatoms. The average Bonchev–Trinajstić information content (AvgIpc) is 2.74. The number of piperazine rings is 1. The minimum absolute atomic E-state index is 0.135. The van der Waals surface area contributed by atoms with Gasteiger partial charge in [0.15, 0.2) is 0 Å². The number of urea groups is 1. The van der Waals surface area contributed by atoms with E-state index in [1.165, 1.54) is 0 Å². The summed E-state index contributed by atoms with van der Waals surface area (Å²) in [7, 11) is 1.59. The van der Waals surface area contributed by atoms with E-state index in [1.54, 1.807) is 7.05 Å². The number of carbonyl (C=O) groups is 2. The molecular weight excluding hydrogens is 441 g/mol. The second-order valence-corrected chi connectivity index (χ2v) is 8.02. The van der Waals surface area contributed by atoms with Crippen LogP contribution in [0.2, 0.25) is 0 Å². The van der Waals surface area contributed by atoms with Crippen LogP contribution in [-0.2, 0) is 11.3 Å². The van der Waals surface area contributed by atoms with Gasteiger partial charge in [-0.15, -0.1) is 0 Å². The van der Waals surface area contributed by atoms with Crippen LogP contribution in [0.1, 0.15) is 19.5 Å². The fraction of sp³-hybridized carbons (Fsp3) is 0.429. The highest BCUT2D eigenvalue weighted by atomic mass is 19.4. The van der Waals surface area contributed by atoms with Crippen LogP contribution in [-0.4, -0.2) is 70.6 Å². The van der Waals surface area contributed by atoms with E-state index in [0.29, 0.717) is 0 Å². The van der Waals surface area contributed by atoms with Gasteiger partial charge < -0.3 is 21.1 Å². The van der Waals surface area contributed by atoms with Gasteiger partial charge in [0.2, 0.25) is 0 Å². The third-order valence-electron chi connectivity index (χ3n) is 4.66. The van der Waals surface area contributed by atoms with Crippen molar-refractivity contribution in [1.82, 2.24) is 25.7 Å². The first-order valence-electron chi connectivity index (χ1n) is 10.1. The number of anilines is 1. The lowest BCUT2D eigenvalue weighted by atomic mass is 10.0. The number of halogens is 3. The number of hydrogen-bond donors (Lipinski definition) is 4. The summed E-state index contributed by atoms with van der Waals surface area (Å²) in [4.78, 5) is 22.6. The van der Waals surface area contributed by atoms with Crippen LogP contribution in [0.4, 0.5) is 23.7 Å². The summed E-state index contributed by atoms with van der Waals surface area (Å²) >= 11 is 0. The number of carboxylic acid groups (broad SMARTS) is 1. The number of hydrogen-bond acceptors (Lipinski definition) is 6. The Labute approximate surface area is 189 Å². The molecule has 1 aromatic heterocycles. The predicted molar refractivity (Wildman–Crippen MR) is 117 cm³/mol. The first-order chi connectivity index (χ1) is 15.4. The van der Waals surface area contributed by atoms with Crippen molar-refractivity contribution in [1.29, 1.82) is 0 Å². The maximum atomic E-state index is 11.3. The van der Waals surface area contributed by atoms with Gasteiger partial charge in [0.05, 0.1) is 11.4 Å². The number of nitrogens with zero attached hydrogens (tertiary/aromatic N) is 3. The third kappa shape index (κ3) is 8.66. The molecule has 0 radical (unpaired) electrons. The van der Waals surface area contributed by atoms with Crippen molar-refractivity contribution in [3.05, 3.63) is 42.1 Å². The van der Waals surface area contributed by atoms with Gasteiger partial charge in [-0.3, -0.25) is 4.90 Å². The van der Waals surface area contributed by atoms with E-state index in [9.17, 15) is 18.0 Å². The van der Waals surface area contributed by atoms with Crippen LogP contribution in [0, 0.1) is 0 Å². The quantitative estimate of drug-likeness (QED) is 0.545. The molecule has 1 aliphatic heterocycles.